The molecule has 0 bridgehead atoms. The molecule has 0 unspecified atom stereocenters. The zero-order chi connectivity index (χ0) is 22.2. The minimum Gasteiger partial charge on any atom is -0.436 e. The minimum atomic E-state index is 0.451. The van der Waals surface area contributed by atoms with Crippen LogP contribution in [0.15, 0.2) is 99.8 Å². The molecule has 0 aliphatic rings. The molecule has 4 aromatic carbocycles. The fourth-order valence-corrected chi connectivity index (χ4v) is 4.68. The lowest BCUT2D eigenvalue weighted by Gasteiger charge is -1.98. The summed E-state index contributed by atoms with van der Waals surface area (Å²) in [7, 11) is 0. The van der Waals surface area contributed by atoms with Gasteiger partial charge >= 0.3 is 6.01 Å². The van der Waals surface area contributed by atoms with Crippen molar-refractivity contribution in [2.45, 2.75) is 0 Å². The van der Waals surface area contributed by atoms with Gasteiger partial charge in [0.2, 0.25) is 11.7 Å². The SMILES string of the molecule is c1ccc(-c2nc3cc4oc(-n5c6ccccc6n6c7ccccc7nc56)nc4cc3o2)cc1. The van der Waals surface area contributed by atoms with E-state index in [1.165, 1.54) is 0 Å². The van der Waals surface area contributed by atoms with Crippen LogP contribution in [-0.4, -0.2) is 23.9 Å². The van der Waals surface area contributed by atoms with E-state index in [9.17, 15) is 0 Å². The van der Waals surface area contributed by atoms with Gasteiger partial charge in [0.25, 0.3) is 0 Å². The number of nitrogens with zero attached hydrogens (tertiary/aromatic N) is 5. The molecule has 8 aromatic rings. The zero-order valence-corrected chi connectivity index (χ0v) is 17.7. The van der Waals surface area contributed by atoms with Crippen LogP contribution in [0.4, 0.5) is 0 Å². The van der Waals surface area contributed by atoms with Crippen molar-refractivity contribution in [1.82, 2.24) is 23.9 Å². The zero-order valence-electron chi connectivity index (χ0n) is 17.7. The van der Waals surface area contributed by atoms with E-state index in [0.717, 1.165) is 38.9 Å². The molecular weight excluding hydrogens is 426 g/mol. The third kappa shape index (κ3) is 2.32. The lowest BCUT2D eigenvalue weighted by atomic mass is 10.2. The number of aromatic nitrogens is 5. The van der Waals surface area contributed by atoms with Gasteiger partial charge in [0.1, 0.15) is 11.0 Å². The molecule has 0 saturated heterocycles. The quantitative estimate of drug-likeness (QED) is 0.311. The summed E-state index contributed by atoms with van der Waals surface area (Å²) in [4.78, 5) is 14.4. The maximum atomic E-state index is 6.26. The highest BCUT2D eigenvalue weighted by Gasteiger charge is 2.21. The third-order valence-corrected chi connectivity index (χ3v) is 6.21. The second-order valence-corrected chi connectivity index (χ2v) is 8.23. The molecular formula is C27H15N5O2. The standard InChI is InChI=1S/C27H15N5O2/c1-2-8-16(9-3-1)25-28-18-14-24-19(15-23(18)33-25)30-27(34-24)32-22-13-7-6-12-21(22)31-20-11-5-4-10-17(20)29-26(31)32/h1-15H. The predicted octanol–water partition coefficient (Wildman–Crippen LogP) is 6.38. The Bertz CT molecular complexity index is 1970. The van der Waals surface area contributed by atoms with E-state index in [4.69, 9.17) is 18.8 Å². The molecule has 34 heavy (non-hydrogen) atoms. The van der Waals surface area contributed by atoms with Crippen LogP contribution in [0.5, 0.6) is 0 Å². The predicted molar refractivity (Wildman–Crippen MR) is 130 cm³/mol. The summed E-state index contributed by atoms with van der Waals surface area (Å²) in [6.07, 6.45) is 0. The summed E-state index contributed by atoms with van der Waals surface area (Å²) in [5, 5.41) is 0. The van der Waals surface area contributed by atoms with Gasteiger partial charge in [0.15, 0.2) is 11.2 Å². The first-order valence-corrected chi connectivity index (χ1v) is 11.0. The Hall–Kier alpha value is -4.91. The molecule has 7 nitrogen and oxygen atoms in total. The summed E-state index contributed by atoms with van der Waals surface area (Å²) in [5.41, 5.74) is 7.63. The molecule has 0 fully saturated rings. The largest absolute Gasteiger partial charge is 0.436 e. The van der Waals surface area contributed by atoms with Gasteiger partial charge in [-0.1, -0.05) is 42.5 Å². The monoisotopic (exact) mass is 441 g/mol. The molecule has 0 aliphatic carbocycles. The van der Waals surface area contributed by atoms with Crippen LogP contribution in [0.25, 0.3) is 67.5 Å². The van der Waals surface area contributed by atoms with Crippen LogP contribution < -0.4 is 0 Å². The Kier molecular flexibility index (Phi) is 3.28. The summed E-state index contributed by atoms with van der Waals surface area (Å²) in [6, 6.07) is 30.3. The van der Waals surface area contributed by atoms with Crippen LogP contribution in [0.3, 0.4) is 0 Å². The Labute approximate surface area is 191 Å². The molecule has 8 rings (SSSR count). The molecule has 0 radical (unpaired) electrons. The van der Waals surface area contributed by atoms with Gasteiger partial charge in [-0.15, -0.1) is 0 Å². The summed E-state index contributed by atoms with van der Waals surface area (Å²) < 4.78 is 16.4. The summed E-state index contributed by atoms with van der Waals surface area (Å²) >= 11 is 0. The minimum absolute atomic E-state index is 0.451. The molecule has 4 heterocycles. The van der Waals surface area contributed by atoms with Crippen molar-refractivity contribution >= 4 is 50.0 Å². The highest BCUT2D eigenvalue weighted by Crippen LogP contribution is 2.32. The highest BCUT2D eigenvalue weighted by atomic mass is 16.4. The lowest BCUT2D eigenvalue weighted by Crippen LogP contribution is -1.94. The van der Waals surface area contributed by atoms with Gasteiger partial charge in [0, 0.05) is 17.7 Å². The molecule has 0 aliphatic heterocycles. The van der Waals surface area contributed by atoms with E-state index in [-0.39, 0.29) is 0 Å². The van der Waals surface area contributed by atoms with Crippen LogP contribution in [-0.2, 0) is 0 Å². The first-order valence-electron chi connectivity index (χ1n) is 11.0. The molecule has 0 amide bonds. The molecule has 4 aromatic heterocycles. The molecule has 160 valence electrons. The second-order valence-electron chi connectivity index (χ2n) is 8.23. The summed E-state index contributed by atoms with van der Waals surface area (Å²) in [6.45, 7) is 0. The molecule has 0 saturated carbocycles. The number of para-hydroxylation sites is 4. The average Bonchev–Trinajstić information content (AvgIpc) is 3.62. The Morgan fingerprint density at radius 1 is 0.559 bits per heavy atom. The lowest BCUT2D eigenvalue weighted by molar-refractivity contribution is 0.573. The van der Waals surface area contributed by atoms with Crippen molar-refractivity contribution in [3.05, 3.63) is 91.0 Å². The van der Waals surface area contributed by atoms with Crippen LogP contribution in [0.1, 0.15) is 0 Å². The molecule has 0 spiro atoms. The van der Waals surface area contributed by atoms with Crippen LogP contribution in [0, 0.1) is 0 Å². The summed E-state index contributed by atoms with van der Waals surface area (Å²) in [5.74, 6) is 1.33. The Balaban J connectivity index is 1.37. The maximum absolute atomic E-state index is 6.26. The van der Waals surface area contributed by atoms with E-state index < -0.39 is 0 Å². The topological polar surface area (TPSA) is 74.3 Å². The number of fused-ring (bicyclic) bond motifs is 7. The smallest absolute Gasteiger partial charge is 0.310 e. The first-order chi connectivity index (χ1) is 16.8. The van der Waals surface area contributed by atoms with E-state index in [0.29, 0.717) is 28.6 Å². The van der Waals surface area contributed by atoms with Gasteiger partial charge in [0.05, 0.1) is 22.1 Å². The van der Waals surface area contributed by atoms with Gasteiger partial charge in [-0.2, -0.15) is 4.98 Å². The molecule has 0 N–H and O–H groups in total. The number of rotatable bonds is 2. The van der Waals surface area contributed by atoms with Gasteiger partial charge in [-0.3, -0.25) is 4.40 Å². The molecule has 0 atom stereocenters. The van der Waals surface area contributed by atoms with Crippen molar-refractivity contribution in [3.63, 3.8) is 0 Å². The maximum Gasteiger partial charge on any atom is 0.310 e. The van der Waals surface area contributed by atoms with Crippen molar-refractivity contribution in [1.29, 1.82) is 0 Å². The van der Waals surface area contributed by atoms with Gasteiger partial charge in [-0.25, -0.2) is 14.5 Å². The third-order valence-electron chi connectivity index (χ3n) is 6.21. The van der Waals surface area contributed by atoms with Gasteiger partial charge < -0.3 is 8.83 Å². The number of hydrogen-bond donors (Lipinski definition) is 0. The second kappa shape index (κ2) is 6.32. The van der Waals surface area contributed by atoms with Crippen molar-refractivity contribution in [3.8, 4) is 17.5 Å². The first kappa shape index (κ1) is 17.6. The molecule has 7 heteroatoms. The van der Waals surface area contributed by atoms with Crippen molar-refractivity contribution in [2.75, 3.05) is 0 Å². The van der Waals surface area contributed by atoms with Crippen molar-refractivity contribution in [2.24, 2.45) is 0 Å². The van der Waals surface area contributed by atoms with E-state index in [1.807, 2.05) is 83.4 Å². The Morgan fingerprint density at radius 2 is 1.24 bits per heavy atom. The van der Waals surface area contributed by atoms with E-state index in [1.54, 1.807) is 0 Å². The number of hydrogen-bond acceptors (Lipinski definition) is 5. The average molecular weight is 441 g/mol. The van der Waals surface area contributed by atoms with E-state index in [2.05, 4.69) is 21.5 Å². The normalized spacial score (nSPS) is 12.1. The number of imidazole rings is 2. The highest BCUT2D eigenvalue weighted by molar-refractivity contribution is 5.93. The fourth-order valence-electron chi connectivity index (χ4n) is 4.68. The van der Waals surface area contributed by atoms with E-state index >= 15 is 0 Å². The van der Waals surface area contributed by atoms with Crippen LogP contribution >= 0.6 is 0 Å². The van der Waals surface area contributed by atoms with Crippen LogP contribution in [0.2, 0.25) is 0 Å². The number of benzene rings is 4. The Morgan fingerprint density at radius 3 is 2.09 bits per heavy atom. The van der Waals surface area contributed by atoms with Gasteiger partial charge in [-0.05, 0) is 36.4 Å². The van der Waals surface area contributed by atoms with Crippen molar-refractivity contribution < 1.29 is 8.83 Å². The number of oxazole rings is 2. The fraction of sp³-hybridized carbons (Fsp3) is 0.